The van der Waals surface area contributed by atoms with E-state index in [0.29, 0.717) is 11.8 Å². The van der Waals surface area contributed by atoms with Gasteiger partial charge in [0.25, 0.3) is 10.0 Å². The summed E-state index contributed by atoms with van der Waals surface area (Å²) in [5.41, 5.74) is -0.710. The summed E-state index contributed by atoms with van der Waals surface area (Å²) >= 11 is 0. The molecule has 0 amide bonds. The molecule has 2 aromatic rings. The first-order valence-corrected chi connectivity index (χ1v) is 7.81. The zero-order chi connectivity index (χ0) is 16.4. The highest BCUT2D eigenvalue weighted by molar-refractivity contribution is 7.92. The van der Waals surface area contributed by atoms with E-state index in [4.69, 9.17) is 0 Å². The molecule has 0 aliphatic carbocycles. The van der Waals surface area contributed by atoms with Gasteiger partial charge in [-0.1, -0.05) is 6.07 Å². The molecule has 0 saturated carbocycles. The van der Waals surface area contributed by atoms with Crippen LogP contribution < -0.4 is 4.31 Å². The third kappa shape index (κ3) is 3.22. The molecular weight excluding hydrogens is 317 g/mol. The van der Waals surface area contributed by atoms with Gasteiger partial charge in [0.05, 0.1) is 22.3 Å². The molecule has 0 unspecified atom stereocenters. The number of hydrogen-bond acceptors (Lipinski definition) is 3. The number of benzene rings is 1. The van der Waals surface area contributed by atoms with Gasteiger partial charge in [0.15, 0.2) is 0 Å². The van der Waals surface area contributed by atoms with Crippen LogP contribution in [0.1, 0.15) is 12.5 Å². The second kappa shape index (κ2) is 5.96. The average Bonchev–Trinajstić information content (AvgIpc) is 2.48. The van der Waals surface area contributed by atoms with Crippen molar-refractivity contribution >= 4 is 15.7 Å². The fourth-order valence-corrected chi connectivity index (χ4v) is 3.46. The number of nitrogens with zero attached hydrogens (tertiary/aromatic N) is 2. The summed E-state index contributed by atoms with van der Waals surface area (Å²) in [4.78, 5) is 3.42. The van der Waals surface area contributed by atoms with E-state index in [1.54, 1.807) is 13.0 Å². The van der Waals surface area contributed by atoms with Gasteiger partial charge in [-0.15, -0.1) is 0 Å². The van der Waals surface area contributed by atoms with Gasteiger partial charge in [-0.05, 0) is 37.3 Å². The molecule has 0 atom stereocenters. The molecule has 0 N–H and O–H groups in total. The normalized spacial score (nSPS) is 12.2. The van der Waals surface area contributed by atoms with Crippen molar-refractivity contribution in [1.82, 2.24) is 4.98 Å². The quantitative estimate of drug-likeness (QED) is 0.864. The van der Waals surface area contributed by atoms with Crippen molar-refractivity contribution in [1.29, 1.82) is 0 Å². The van der Waals surface area contributed by atoms with Gasteiger partial charge in [0, 0.05) is 12.7 Å². The summed E-state index contributed by atoms with van der Waals surface area (Å²) in [6.45, 7) is 1.67. The molecule has 1 aromatic heterocycles. The topological polar surface area (TPSA) is 50.3 Å². The Morgan fingerprint density at radius 1 is 1.18 bits per heavy atom. The third-order valence-corrected chi connectivity index (χ3v) is 4.87. The fourth-order valence-electron chi connectivity index (χ4n) is 1.95. The molecule has 0 bridgehead atoms. The van der Waals surface area contributed by atoms with Gasteiger partial charge < -0.3 is 0 Å². The molecule has 1 aromatic carbocycles. The second-order valence-corrected chi connectivity index (χ2v) is 6.27. The van der Waals surface area contributed by atoms with Crippen molar-refractivity contribution in [2.45, 2.75) is 18.0 Å². The van der Waals surface area contributed by atoms with Crippen LogP contribution in [0.2, 0.25) is 0 Å². The summed E-state index contributed by atoms with van der Waals surface area (Å²) in [6, 6.07) is 6.77. The van der Waals surface area contributed by atoms with Crippen molar-refractivity contribution in [3.8, 4) is 0 Å². The van der Waals surface area contributed by atoms with E-state index in [9.17, 15) is 21.6 Å². The molecule has 22 heavy (non-hydrogen) atoms. The number of anilines is 1. The summed E-state index contributed by atoms with van der Waals surface area (Å²) in [7, 11) is -4.09. The van der Waals surface area contributed by atoms with Crippen LogP contribution in [-0.4, -0.2) is 19.9 Å². The highest BCUT2D eigenvalue weighted by Gasteiger charge is 2.32. The number of rotatable bonds is 4. The zero-order valence-electron chi connectivity index (χ0n) is 11.6. The maximum atomic E-state index is 12.7. The highest BCUT2D eigenvalue weighted by Crippen LogP contribution is 2.31. The lowest BCUT2D eigenvalue weighted by molar-refractivity contribution is -0.137. The Balaban J connectivity index is 2.50. The van der Waals surface area contributed by atoms with Crippen molar-refractivity contribution in [3.05, 3.63) is 54.4 Å². The standard InChI is InChI=1S/C14H13F3N2O2S/c1-2-19(12-6-4-8-18-10-12)22(20,21)13-7-3-5-11(9-13)14(15,16)17/h3-10H,2H2,1H3. The van der Waals surface area contributed by atoms with E-state index in [-0.39, 0.29) is 6.54 Å². The van der Waals surface area contributed by atoms with Crippen molar-refractivity contribution in [2.24, 2.45) is 0 Å². The molecule has 0 radical (unpaired) electrons. The van der Waals surface area contributed by atoms with Gasteiger partial charge in [0.1, 0.15) is 0 Å². The van der Waals surface area contributed by atoms with Crippen LogP contribution in [0.3, 0.4) is 0 Å². The number of alkyl halides is 3. The Hall–Kier alpha value is -2.09. The van der Waals surface area contributed by atoms with Gasteiger partial charge in [-0.3, -0.25) is 9.29 Å². The maximum absolute atomic E-state index is 12.7. The lowest BCUT2D eigenvalue weighted by atomic mass is 10.2. The van der Waals surface area contributed by atoms with Gasteiger partial charge in [-0.25, -0.2) is 8.42 Å². The molecule has 0 saturated heterocycles. The molecule has 0 aliphatic heterocycles. The summed E-state index contributed by atoms with van der Waals surface area (Å²) in [5.74, 6) is 0. The minimum absolute atomic E-state index is 0.0737. The monoisotopic (exact) mass is 330 g/mol. The van der Waals surface area contributed by atoms with E-state index in [0.717, 1.165) is 22.5 Å². The van der Waals surface area contributed by atoms with E-state index >= 15 is 0 Å². The smallest absolute Gasteiger partial charge is 0.265 e. The van der Waals surface area contributed by atoms with Crippen LogP contribution in [-0.2, 0) is 16.2 Å². The van der Waals surface area contributed by atoms with Crippen molar-refractivity contribution in [2.75, 3.05) is 10.8 Å². The number of aromatic nitrogens is 1. The maximum Gasteiger partial charge on any atom is 0.416 e. The van der Waals surface area contributed by atoms with Gasteiger partial charge in [-0.2, -0.15) is 13.2 Å². The zero-order valence-corrected chi connectivity index (χ0v) is 12.4. The Kier molecular flexibility index (Phi) is 4.41. The average molecular weight is 330 g/mol. The van der Waals surface area contributed by atoms with E-state index in [2.05, 4.69) is 4.98 Å². The predicted octanol–water partition coefficient (Wildman–Crippen LogP) is 3.32. The number of sulfonamides is 1. The highest BCUT2D eigenvalue weighted by atomic mass is 32.2. The SMILES string of the molecule is CCN(c1cccnc1)S(=O)(=O)c1cccc(C(F)(F)F)c1. The lowest BCUT2D eigenvalue weighted by Gasteiger charge is -2.22. The fraction of sp³-hybridized carbons (Fsp3) is 0.214. The first kappa shape index (κ1) is 16.3. The summed E-state index contributed by atoms with van der Waals surface area (Å²) in [5, 5.41) is 0. The van der Waals surface area contributed by atoms with Gasteiger partial charge >= 0.3 is 6.18 Å². The van der Waals surface area contributed by atoms with Crippen LogP contribution in [0.25, 0.3) is 0 Å². The molecule has 4 nitrogen and oxygen atoms in total. The molecule has 0 fully saturated rings. The Bertz CT molecular complexity index is 746. The number of pyridine rings is 1. The van der Waals surface area contributed by atoms with Crippen molar-refractivity contribution < 1.29 is 21.6 Å². The van der Waals surface area contributed by atoms with E-state index in [1.165, 1.54) is 18.5 Å². The van der Waals surface area contributed by atoms with E-state index in [1.807, 2.05) is 0 Å². The van der Waals surface area contributed by atoms with E-state index < -0.39 is 26.7 Å². The predicted molar refractivity (Wildman–Crippen MR) is 75.9 cm³/mol. The molecule has 118 valence electrons. The first-order chi connectivity index (χ1) is 10.3. The second-order valence-electron chi connectivity index (χ2n) is 4.41. The van der Waals surface area contributed by atoms with Crippen LogP contribution in [0.4, 0.5) is 18.9 Å². The Morgan fingerprint density at radius 3 is 2.45 bits per heavy atom. The van der Waals surface area contributed by atoms with Crippen molar-refractivity contribution in [3.63, 3.8) is 0 Å². The molecule has 0 spiro atoms. The molecular formula is C14H13F3N2O2S. The van der Waals surface area contributed by atoms with Crippen LogP contribution in [0.5, 0.6) is 0 Å². The van der Waals surface area contributed by atoms with Gasteiger partial charge in [0.2, 0.25) is 0 Å². The Labute approximate surface area is 126 Å². The molecule has 0 aliphatic rings. The summed E-state index contributed by atoms with van der Waals surface area (Å²) in [6.07, 6.45) is -1.78. The van der Waals surface area contributed by atoms with Crippen LogP contribution >= 0.6 is 0 Å². The molecule has 8 heteroatoms. The third-order valence-electron chi connectivity index (χ3n) is 2.97. The minimum atomic E-state index is -4.60. The number of hydrogen-bond donors (Lipinski definition) is 0. The molecule has 2 rings (SSSR count). The number of halogens is 3. The summed E-state index contributed by atoms with van der Waals surface area (Å²) < 4.78 is 64.4. The first-order valence-electron chi connectivity index (χ1n) is 6.37. The molecule has 1 heterocycles. The Morgan fingerprint density at radius 2 is 1.91 bits per heavy atom. The van der Waals surface area contributed by atoms with Crippen LogP contribution in [0, 0.1) is 0 Å². The van der Waals surface area contributed by atoms with Crippen LogP contribution in [0.15, 0.2) is 53.7 Å². The lowest BCUT2D eigenvalue weighted by Crippen LogP contribution is -2.31. The largest absolute Gasteiger partial charge is 0.416 e. The minimum Gasteiger partial charge on any atom is -0.265 e.